The summed E-state index contributed by atoms with van der Waals surface area (Å²) < 4.78 is 6.77. The molecule has 0 unspecified atom stereocenters. The summed E-state index contributed by atoms with van der Waals surface area (Å²) in [5.41, 5.74) is 1.26. The van der Waals surface area contributed by atoms with Crippen LogP contribution in [0.2, 0.25) is 0 Å². The van der Waals surface area contributed by atoms with Crippen LogP contribution in [0.4, 0.5) is 0 Å². The maximum atomic E-state index is 10.9. The number of H-pyrrole nitrogens is 1. The van der Waals surface area contributed by atoms with E-state index in [9.17, 15) is 4.79 Å². The third-order valence-electron chi connectivity index (χ3n) is 1.76. The second-order valence-corrected chi connectivity index (χ2v) is 2.69. The molecule has 0 saturated heterocycles. The number of aromatic amines is 1. The van der Waals surface area contributed by atoms with Crippen molar-refractivity contribution in [2.24, 2.45) is 0 Å². The number of nitrogens with one attached hydrogen (secondary N) is 1. The van der Waals surface area contributed by atoms with Gasteiger partial charge in [0, 0.05) is 13.3 Å². The molecule has 0 bridgehead atoms. The Balaban J connectivity index is 2.62. The fraction of sp³-hybridized carbons (Fsp3) is 0.250. The lowest BCUT2D eigenvalue weighted by atomic mass is 10.5. The molecule has 0 atom stereocenters. The van der Waals surface area contributed by atoms with Gasteiger partial charge in [-0.15, -0.1) is 0 Å². The van der Waals surface area contributed by atoms with Crippen LogP contribution in [0.1, 0.15) is 0 Å². The van der Waals surface area contributed by atoms with Crippen LogP contribution in [0, 0.1) is 0 Å². The number of methoxy groups -OCH3 is 1. The molecule has 0 fully saturated rings. The number of hydrogen-bond donors (Lipinski definition) is 1. The van der Waals surface area contributed by atoms with Gasteiger partial charge in [-0.2, -0.15) is 0 Å². The van der Waals surface area contributed by atoms with Crippen molar-refractivity contribution in [2.45, 2.75) is 6.73 Å². The first kappa shape index (κ1) is 8.00. The molecule has 2 rings (SSSR count). The Hall–Kier alpha value is -1.62. The van der Waals surface area contributed by atoms with Crippen LogP contribution in [0.15, 0.2) is 23.3 Å². The van der Waals surface area contributed by atoms with Gasteiger partial charge in [-0.05, 0) is 6.07 Å². The lowest BCUT2D eigenvalue weighted by Crippen LogP contribution is -2.06. The fourth-order valence-electron chi connectivity index (χ4n) is 1.23. The Morgan fingerprint density at radius 1 is 1.69 bits per heavy atom. The number of rotatable bonds is 2. The van der Waals surface area contributed by atoms with E-state index in [1.165, 1.54) is 6.20 Å². The molecule has 2 aromatic rings. The molecule has 1 N–H and O–H groups in total. The molecule has 5 nitrogen and oxygen atoms in total. The third kappa shape index (κ3) is 1.33. The normalized spacial score (nSPS) is 10.8. The van der Waals surface area contributed by atoms with E-state index < -0.39 is 0 Å². The first-order chi connectivity index (χ1) is 6.31. The van der Waals surface area contributed by atoms with Crippen LogP contribution in [0.5, 0.6) is 0 Å². The number of nitrogens with zero attached hydrogens (tertiary/aromatic N) is 2. The zero-order valence-electron chi connectivity index (χ0n) is 7.15. The van der Waals surface area contributed by atoms with Crippen molar-refractivity contribution in [3.05, 3.63) is 28.8 Å². The van der Waals surface area contributed by atoms with Gasteiger partial charge in [-0.3, -0.25) is 4.79 Å². The largest absolute Gasteiger partial charge is 0.364 e. The average molecular weight is 179 g/mol. The first-order valence-electron chi connectivity index (χ1n) is 3.84. The van der Waals surface area contributed by atoms with E-state index in [4.69, 9.17) is 4.74 Å². The van der Waals surface area contributed by atoms with Crippen molar-refractivity contribution >= 4 is 11.2 Å². The van der Waals surface area contributed by atoms with Gasteiger partial charge in [-0.1, -0.05) is 0 Å². The number of ether oxygens (including phenoxy) is 1. The van der Waals surface area contributed by atoms with Crippen LogP contribution in [0.3, 0.4) is 0 Å². The molecule has 0 aromatic carbocycles. The van der Waals surface area contributed by atoms with E-state index in [-0.39, 0.29) is 5.56 Å². The zero-order chi connectivity index (χ0) is 9.26. The molecule has 2 heterocycles. The van der Waals surface area contributed by atoms with Crippen molar-refractivity contribution in [1.82, 2.24) is 14.5 Å². The van der Waals surface area contributed by atoms with Crippen LogP contribution in [-0.4, -0.2) is 21.6 Å². The van der Waals surface area contributed by atoms with Crippen LogP contribution in [0.25, 0.3) is 11.2 Å². The highest BCUT2D eigenvalue weighted by molar-refractivity contribution is 5.70. The van der Waals surface area contributed by atoms with Crippen molar-refractivity contribution in [1.29, 1.82) is 0 Å². The maximum Gasteiger partial charge on any atom is 0.266 e. The molecule has 2 aromatic heterocycles. The minimum absolute atomic E-state index is 0.192. The molecule has 68 valence electrons. The summed E-state index contributed by atoms with van der Waals surface area (Å²) in [6.07, 6.45) is 3.08. The molecular weight excluding hydrogens is 170 g/mol. The molecule has 0 radical (unpaired) electrons. The molecular formula is C8H9N3O2. The molecule has 0 saturated carbocycles. The minimum Gasteiger partial charge on any atom is -0.364 e. The zero-order valence-corrected chi connectivity index (χ0v) is 7.15. The SMILES string of the molecule is COCn1ccc2[nH]c(=O)cnc21. The summed E-state index contributed by atoms with van der Waals surface area (Å²) in [6.45, 7) is 0.433. The Bertz CT molecular complexity index is 471. The van der Waals surface area contributed by atoms with Crippen LogP contribution < -0.4 is 5.56 Å². The molecule has 0 spiro atoms. The smallest absolute Gasteiger partial charge is 0.266 e. The highest BCUT2D eigenvalue weighted by atomic mass is 16.5. The summed E-state index contributed by atoms with van der Waals surface area (Å²) in [6, 6.07) is 1.79. The second-order valence-electron chi connectivity index (χ2n) is 2.69. The molecule has 0 aliphatic rings. The van der Waals surface area contributed by atoms with E-state index in [1.807, 2.05) is 10.8 Å². The summed E-state index contributed by atoms with van der Waals surface area (Å²) in [4.78, 5) is 17.6. The number of hydrogen-bond acceptors (Lipinski definition) is 3. The van der Waals surface area contributed by atoms with Crippen molar-refractivity contribution < 1.29 is 4.74 Å². The van der Waals surface area contributed by atoms with Gasteiger partial charge in [0.1, 0.15) is 6.73 Å². The Morgan fingerprint density at radius 3 is 3.31 bits per heavy atom. The minimum atomic E-state index is -0.192. The molecule has 0 aliphatic heterocycles. The molecule has 5 heteroatoms. The van der Waals surface area contributed by atoms with E-state index in [2.05, 4.69) is 9.97 Å². The summed E-state index contributed by atoms with van der Waals surface area (Å²) >= 11 is 0. The van der Waals surface area contributed by atoms with Gasteiger partial charge in [-0.25, -0.2) is 4.98 Å². The summed E-state index contributed by atoms with van der Waals surface area (Å²) in [5.74, 6) is 0. The third-order valence-corrected chi connectivity index (χ3v) is 1.76. The standard InChI is InChI=1S/C8H9N3O2/c1-13-5-11-3-2-6-8(11)9-4-7(12)10-6/h2-4H,5H2,1H3,(H,10,12). The van der Waals surface area contributed by atoms with Crippen molar-refractivity contribution in [2.75, 3.05) is 7.11 Å². The van der Waals surface area contributed by atoms with E-state index in [1.54, 1.807) is 13.2 Å². The van der Waals surface area contributed by atoms with Crippen molar-refractivity contribution in [3.8, 4) is 0 Å². The molecule has 0 aliphatic carbocycles. The predicted octanol–water partition coefficient (Wildman–Crippen LogP) is 0.328. The first-order valence-corrected chi connectivity index (χ1v) is 3.84. The predicted molar refractivity (Wildman–Crippen MR) is 47.4 cm³/mol. The average Bonchev–Trinajstić information content (AvgIpc) is 2.49. The van der Waals surface area contributed by atoms with Crippen LogP contribution in [-0.2, 0) is 11.5 Å². The Kier molecular flexibility index (Phi) is 1.86. The van der Waals surface area contributed by atoms with Crippen molar-refractivity contribution in [3.63, 3.8) is 0 Å². The Labute approximate surface area is 74.0 Å². The van der Waals surface area contributed by atoms with Gasteiger partial charge < -0.3 is 14.3 Å². The van der Waals surface area contributed by atoms with E-state index >= 15 is 0 Å². The quantitative estimate of drug-likeness (QED) is 0.722. The lowest BCUT2D eigenvalue weighted by molar-refractivity contribution is 0.134. The number of fused-ring (bicyclic) bond motifs is 1. The van der Waals surface area contributed by atoms with E-state index in [0.29, 0.717) is 6.73 Å². The van der Waals surface area contributed by atoms with Gasteiger partial charge in [0.2, 0.25) is 0 Å². The highest BCUT2D eigenvalue weighted by Gasteiger charge is 2.01. The van der Waals surface area contributed by atoms with Gasteiger partial charge in [0.15, 0.2) is 5.65 Å². The van der Waals surface area contributed by atoms with Gasteiger partial charge in [0.05, 0.1) is 11.7 Å². The molecule has 0 amide bonds. The lowest BCUT2D eigenvalue weighted by Gasteiger charge is -2.00. The maximum absolute atomic E-state index is 10.9. The monoisotopic (exact) mass is 179 g/mol. The van der Waals surface area contributed by atoms with E-state index in [0.717, 1.165) is 11.2 Å². The number of aromatic nitrogens is 3. The van der Waals surface area contributed by atoms with Gasteiger partial charge >= 0.3 is 0 Å². The summed E-state index contributed by atoms with van der Waals surface area (Å²) in [5, 5.41) is 0. The second kappa shape index (κ2) is 3.02. The Morgan fingerprint density at radius 2 is 2.54 bits per heavy atom. The molecule has 13 heavy (non-hydrogen) atoms. The van der Waals surface area contributed by atoms with Gasteiger partial charge in [0.25, 0.3) is 5.56 Å². The highest BCUT2D eigenvalue weighted by Crippen LogP contribution is 2.07. The summed E-state index contributed by atoms with van der Waals surface area (Å²) in [7, 11) is 1.61. The fourth-order valence-corrected chi connectivity index (χ4v) is 1.23. The van der Waals surface area contributed by atoms with Crippen LogP contribution >= 0.6 is 0 Å². The topological polar surface area (TPSA) is 59.9 Å².